The maximum absolute atomic E-state index is 12.1. The van der Waals surface area contributed by atoms with Gasteiger partial charge in [-0.3, -0.25) is 9.59 Å². The van der Waals surface area contributed by atoms with Gasteiger partial charge in [0.2, 0.25) is 5.91 Å². The summed E-state index contributed by atoms with van der Waals surface area (Å²) in [5.74, 6) is -0.349. The molecule has 0 bridgehead atoms. The molecule has 0 aromatic heterocycles. The Kier molecular flexibility index (Phi) is 4.93. The topological polar surface area (TPSA) is 49.4 Å². The second-order valence-corrected chi connectivity index (χ2v) is 6.26. The van der Waals surface area contributed by atoms with E-state index >= 15 is 0 Å². The molecule has 110 valence electrons. The predicted octanol–water partition coefficient (Wildman–Crippen LogP) is 2.19. The summed E-state index contributed by atoms with van der Waals surface area (Å²) in [4.78, 5) is 25.2. The third-order valence-corrected chi connectivity index (χ3v) is 3.17. The highest BCUT2D eigenvalue weighted by Gasteiger charge is 2.19. The lowest BCUT2D eigenvalue weighted by atomic mass is 9.86. The average molecular weight is 276 g/mol. The molecule has 0 aliphatic carbocycles. The van der Waals surface area contributed by atoms with Gasteiger partial charge in [-0.2, -0.15) is 0 Å². The molecule has 0 radical (unpaired) electrons. The van der Waals surface area contributed by atoms with E-state index in [-0.39, 0.29) is 17.2 Å². The van der Waals surface area contributed by atoms with Crippen molar-refractivity contribution in [2.45, 2.75) is 39.2 Å². The van der Waals surface area contributed by atoms with Crippen LogP contribution in [0.5, 0.6) is 0 Å². The minimum absolute atomic E-state index is 0.0587. The molecule has 1 N–H and O–H groups in total. The quantitative estimate of drug-likeness (QED) is 0.920. The van der Waals surface area contributed by atoms with Gasteiger partial charge in [0.05, 0.1) is 0 Å². The molecular formula is C16H24N2O2. The summed E-state index contributed by atoms with van der Waals surface area (Å²) in [6, 6.07) is 6.96. The van der Waals surface area contributed by atoms with Gasteiger partial charge in [-0.1, -0.05) is 32.9 Å². The van der Waals surface area contributed by atoms with Gasteiger partial charge in [-0.15, -0.1) is 0 Å². The predicted molar refractivity (Wildman–Crippen MR) is 80.8 cm³/mol. The molecule has 0 saturated heterocycles. The molecule has 1 atom stereocenters. The van der Waals surface area contributed by atoms with Crippen LogP contribution in [0.15, 0.2) is 24.3 Å². The molecule has 0 aliphatic heterocycles. The van der Waals surface area contributed by atoms with Crippen LogP contribution in [0.3, 0.4) is 0 Å². The van der Waals surface area contributed by atoms with E-state index in [2.05, 4.69) is 26.1 Å². The Morgan fingerprint density at radius 2 is 1.60 bits per heavy atom. The Labute approximate surface area is 121 Å². The third kappa shape index (κ3) is 4.08. The van der Waals surface area contributed by atoms with Crippen molar-refractivity contribution in [3.8, 4) is 0 Å². The fraction of sp³-hybridized carbons (Fsp3) is 0.500. The standard InChI is InChI=1S/C16H24N2O2/c1-11(15(20)18(5)6)17-14(19)12-7-9-13(10-8-12)16(2,3)4/h7-11H,1-6H3,(H,17,19)/t11-/m0/s1. The molecule has 0 aliphatic rings. The average Bonchev–Trinajstić information content (AvgIpc) is 2.36. The normalized spacial score (nSPS) is 12.7. The van der Waals surface area contributed by atoms with Gasteiger partial charge in [0, 0.05) is 19.7 Å². The Morgan fingerprint density at radius 3 is 2.00 bits per heavy atom. The van der Waals surface area contributed by atoms with E-state index in [9.17, 15) is 9.59 Å². The number of benzene rings is 1. The molecule has 0 saturated carbocycles. The number of carbonyl (C=O) groups excluding carboxylic acids is 2. The van der Waals surface area contributed by atoms with E-state index in [4.69, 9.17) is 0 Å². The number of carbonyl (C=O) groups is 2. The van der Waals surface area contributed by atoms with Crippen LogP contribution in [0.2, 0.25) is 0 Å². The smallest absolute Gasteiger partial charge is 0.251 e. The van der Waals surface area contributed by atoms with Crippen molar-refractivity contribution < 1.29 is 9.59 Å². The maximum Gasteiger partial charge on any atom is 0.251 e. The zero-order valence-corrected chi connectivity index (χ0v) is 13.2. The lowest BCUT2D eigenvalue weighted by Gasteiger charge is -2.20. The van der Waals surface area contributed by atoms with Crippen LogP contribution in [0.4, 0.5) is 0 Å². The molecule has 0 spiro atoms. The maximum atomic E-state index is 12.1. The first-order chi connectivity index (χ1) is 9.12. The SMILES string of the molecule is C[C@H](NC(=O)c1ccc(C(C)(C)C)cc1)C(=O)N(C)C. The third-order valence-electron chi connectivity index (χ3n) is 3.17. The monoisotopic (exact) mass is 276 g/mol. The summed E-state index contributed by atoms with van der Waals surface area (Å²) in [6.07, 6.45) is 0. The lowest BCUT2D eigenvalue weighted by molar-refractivity contribution is -0.130. The van der Waals surface area contributed by atoms with Crippen molar-refractivity contribution in [3.63, 3.8) is 0 Å². The van der Waals surface area contributed by atoms with E-state index in [1.165, 1.54) is 10.5 Å². The molecule has 4 nitrogen and oxygen atoms in total. The summed E-state index contributed by atoms with van der Waals surface area (Å²) in [6.45, 7) is 8.06. The number of hydrogen-bond acceptors (Lipinski definition) is 2. The zero-order valence-electron chi connectivity index (χ0n) is 13.2. The highest BCUT2D eigenvalue weighted by atomic mass is 16.2. The second kappa shape index (κ2) is 6.07. The Morgan fingerprint density at radius 1 is 1.10 bits per heavy atom. The van der Waals surface area contributed by atoms with Crippen LogP contribution in [-0.2, 0) is 10.2 Å². The van der Waals surface area contributed by atoms with Gasteiger partial charge in [0.25, 0.3) is 5.91 Å². The van der Waals surface area contributed by atoms with Gasteiger partial charge in [-0.25, -0.2) is 0 Å². The molecule has 0 unspecified atom stereocenters. The number of nitrogens with zero attached hydrogens (tertiary/aromatic N) is 1. The van der Waals surface area contributed by atoms with E-state index < -0.39 is 6.04 Å². The number of rotatable bonds is 3. The molecule has 1 rings (SSSR count). The highest BCUT2D eigenvalue weighted by molar-refractivity contribution is 5.97. The fourth-order valence-corrected chi connectivity index (χ4v) is 1.85. The van der Waals surface area contributed by atoms with Crippen molar-refractivity contribution in [1.29, 1.82) is 0 Å². The molecule has 1 aromatic carbocycles. The summed E-state index contributed by atoms with van der Waals surface area (Å²) in [7, 11) is 3.34. The van der Waals surface area contributed by atoms with Crippen LogP contribution in [0.1, 0.15) is 43.6 Å². The first-order valence-electron chi connectivity index (χ1n) is 6.75. The Balaban J connectivity index is 2.76. The van der Waals surface area contributed by atoms with E-state index in [1.54, 1.807) is 33.2 Å². The van der Waals surface area contributed by atoms with E-state index in [0.717, 1.165) is 0 Å². The molecule has 0 fully saturated rings. The number of hydrogen-bond donors (Lipinski definition) is 1. The number of amides is 2. The van der Waals surface area contributed by atoms with Crippen molar-refractivity contribution >= 4 is 11.8 Å². The van der Waals surface area contributed by atoms with Gasteiger partial charge < -0.3 is 10.2 Å². The molecule has 0 heterocycles. The minimum atomic E-state index is -0.528. The van der Waals surface area contributed by atoms with E-state index in [0.29, 0.717) is 5.56 Å². The first-order valence-corrected chi connectivity index (χ1v) is 6.75. The number of nitrogens with one attached hydrogen (secondary N) is 1. The summed E-state index contributed by atoms with van der Waals surface area (Å²) in [5, 5.41) is 2.71. The zero-order chi connectivity index (χ0) is 15.5. The lowest BCUT2D eigenvalue weighted by Crippen LogP contribution is -2.44. The molecule has 1 aromatic rings. The van der Waals surface area contributed by atoms with Gasteiger partial charge in [0.1, 0.15) is 6.04 Å². The molecule has 4 heteroatoms. The van der Waals surface area contributed by atoms with Crippen LogP contribution >= 0.6 is 0 Å². The summed E-state index contributed by atoms with van der Waals surface area (Å²) < 4.78 is 0. The molecule has 20 heavy (non-hydrogen) atoms. The fourth-order valence-electron chi connectivity index (χ4n) is 1.85. The van der Waals surface area contributed by atoms with Gasteiger partial charge in [0.15, 0.2) is 0 Å². The van der Waals surface area contributed by atoms with Crippen LogP contribution in [-0.4, -0.2) is 36.9 Å². The molecule has 2 amide bonds. The largest absolute Gasteiger partial charge is 0.347 e. The van der Waals surface area contributed by atoms with E-state index in [1.807, 2.05) is 12.1 Å². The first kappa shape index (κ1) is 16.2. The van der Waals surface area contributed by atoms with Gasteiger partial charge >= 0.3 is 0 Å². The highest BCUT2D eigenvalue weighted by Crippen LogP contribution is 2.22. The Bertz CT molecular complexity index is 484. The Hall–Kier alpha value is -1.84. The van der Waals surface area contributed by atoms with Crippen LogP contribution < -0.4 is 5.32 Å². The van der Waals surface area contributed by atoms with Crippen LogP contribution in [0.25, 0.3) is 0 Å². The molecular weight excluding hydrogens is 252 g/mol. The number of likely N-dealkylation sites (N-methyl/N-ethyl adjacent to an activating group) is 1. The summed E-state index contributed by atoms with van der Waals surface area (Å²) >= 11 is 0. The van der Waals surface area contributed by atoms with Crippen molar-refractivity contribution in [2.24, 2.45) is 0 Å². The van der Waals surface area contributed by atoms with Crippen LogP contribution in [0, 0.1) is 0 Å². The van der Waals surface area contributed by atoms with Crippen molar-refractivity contribution in [1.82, 2.24) is 10.2 Å². The summed E-state index contributed by atoms with van der Waals surface area (Å²) in [5.41, 5.74) is 1.80. The second-order valence-electron chi connectivity index (χ2n) is 6.26. The van der Waals surface area contributed by atoms with Crippen molar-refractivity contribution in [3.05, 3.63) is 35.4 Å². The minimum Gasteiger partial charge on any atom is -0.347 e. The van der Waals surface area contributed by atoms with Gasteiger partial charge in [-0.05, 0) is 30.0 Å². The van der Waals surface area contributed by atoms with Crippen molar-refractivity contribution in [2.75, 3.05) is 14.1 Å².